The lowest BCUT2D eigenvalue weighted by Gasteiger charge is -2.23. The van der Waals surface area contributed by atoms with Crippen molar-refractivity contribution in [3.05, 3.63) is 30.0 Å². The molecule has 0 saturated heterocycles. The summed E-state index contributed by atoms with van der Waals surface area (Å²) in [7, 11) is -3.54. The van der Waals surface area contributed by atoms with E-state index in [1.165, 1.54) is 0 Å². The van der Waals surface area contributed by atoms with Gasteiger partial charge in [0.05, 0.1) is 28.7 Å². The monoisotopic (exact) mass is 325 g/mol. The molecule has 0 amide bonds. The van der Waals surface area contributed by atoms with E-state index in [1.54, 1.807) is 6.07 Å². The van der Waals surface area contributed by atoms with Crippen LogP contribution in [0.25, 0.3) is 10.9 Å². The molecular weight excluding hydrogens is 301 g/mol. The van der Waals surface area contributed by atoms with Crippen molar-refractivity contribution in [1.82, 2.24) is 4.73 Å². The van der Waals surface area contributed by atoms with Crippen molar-refractivity contribution in [1.29, 1.82) is 0 Å². The van der Waals surface area contributed by atoms with Gasteiger partial charge in [0, 0.05) is 5.39 Å². The van der Waals surface area contributed by atoms with Gasteiger partial charge in [0.1, 0.15) is 0 Å². The molecule has 0 aliphatic heterocycles. The van der Waals surface area contributed by atoms with Crippen molar-refractivity contribution in [2.45, 2.75) is 53.2 Å². The van der Waals surface area contributed by atoms with Crippen LogP contribution in [-0.2, 0) is 20.0 Å². The predicted octanol–water partition coefficient (Wildman–Crippen LogP) is 4.11. The Morgan fingerprint density at radius 2 is 1.68 bits per heavy atom. The van der Waals surface area contributed by atoms with Gasteiger partial charge in [0.2, 0.25) is 0 Å². The van der Waals surface area contributed by atoms with Crippen molar-refractivity contribution >= 4 is 23.8 Å². The second-order valence-electron chi connectivity index (χ2n) is 5.78. The maximum absolute atomic E-state index is 13.5. The summed E-state index contributed by atoms with van der Waals surface area (Å²) in [4.78, 5) is 0. The number of benzene rings is 1. The van der Waals surface area contributed by atoms with Crippen molar-refractivity contribution in [2.75, 3.05) is 0 Å². The number of aromatic nitrogens is 1. The predicted molar refractivity (Wildman–Crippen MR) is 88.2 cm³/mol. The summed E-state index contributed by atoms with van der Waals surface area (Å²) in [6.45, 7) is 9.18. The highest BCUT2D eigenvalue weighted by atomic mass is 31.2. The number of rotatable bonds is 6. The molecule has 122 valence electrons. The molecule has 0 unspecified atom stereocenters. The van der Waals surface area contributed by atoms with Gasteiger partial charge in [-0.2, -0.15) is 4.73 Å². The minimum Gasteiger partial charge on any atom is -0.428 e. The molecule has 0 atom stereocenters. The molecule has 5 nitrogen and oxygen atoms in total. The molecule has 1 N–H and O–H groups in total. The van der Waals surface area contributed by atoms with Gasteiger partial charge in [-0.25, -0.2) is 0 Å². The Morgan fingerprint density at radius 1 is 1.14 bits per heavy atom. The summed E-state index contributed by atoms with van der Waals surface area (Å²) in [5.74, 6) is 0. The first kappa shape index (κ1) is 17.1. The number of nitrogens with zero attached hydrogens (tertiary/aromatic N) is 1. The van der Waals surface area contributed by atoms with Gasteiger partial charge >= 0.3 is 7.60 Å². The first-order valence-corrected chi connectivity index (χ1v) is 9.13. The summed E-state index contributed by atoms with van der Waals surface area (Å²) in [6, 6.07) is 7.29. The molecule has 0 spiro atoms. The van der Waals surface area contributed by atoms with E-state index in [9.17, 15) is 9.77 Å². The zero-order valence-electron chi connectivity index (χ0n) is 13.7. The topological polar surface area (TPSA) is 60.7 Å². The highest BCUT2D eigenvalue weighted by molar-refractivity contribution is 7.63. The van der Waals surface area contributed by atoms with Crippen LogP contribution in [0.15, 0.2) is 24.3 Å². The Kier molecular flexibility index (Phi) is 5.00. The molecule has 22 heavy (non-hydrogen) atoms. The number of hydrogen-bond acceptors (Lipinski definition) is 4. The maximum Gasteiger partial charge on any atom is 0.364 e. The molecule has 2 rings (SSSR count). The van der Waals surface area contributed by atoms with Crippen LogP contribution in [0.5, 0.6) is 0 Å². The second-order valence-corrected chi connectivity index (χ2v) is 7.65. The van der Waals surface area contributed by atoms with Crippen molar-refractivity contribution in [3.8, 4) is 0 Å². The lowest BCUT2D eigenvalue weighted by molar-refractivity contribution is 0.149. The normalized spacial score (nSPS) is 12.7. The fourth-order valence-corrected chi connectivity index (χ4v) is 4.99. The number of para-hydroxylation sites is 1. The van der Waals surface area contributed by atoms with Crippen LogP contribution in [0.3, 0.4) is 0 Å². The van der Waals surface area contributed by atoms with E-state index in [0.717, 1.165) is 4.73 Å². The van der Waals surface area contributed by atoms with Gasteiger partial charge in [0.15, 0.2) is 0 Å². The van der Waals surface area contributed by atoms with E-state index in [0.29, 0.717) is 28.3 Å². The molecule has 0 aliphatic carbocycles. The van der Waals surface area contributed by atoms with E-state index in [-0.39, 0.29) is 12.2 Å². The van der Waals surface area contributed by atoms with Crippen molar-refractivity contribution in [2.24, 2.45) is 0 Å². The highest BCUT2D eigenvalue weighted by Gasteiger charge is 2.37. The van der Waals surface area contributed by atoms with Crippen LogP contribution in [0.4, 0.5) is 0 Å². The average molecular weight is 325 g/mol. The molecule has 6 heteroatoms. The van der Waals surface area contributed by atoms with E-state index in [1.807, 2.05) is 52.8 Å². The molecular formula is C16H24NO4P. The third-order valence-electron chi connectivity index (χ3n) is 3.22. The summed E-state index contributed by atoms with van der Waals surface area (Å²) in [6.07, 6.45) is 0.0122. The molecule has 0 aliphatic rings. The smallest absolute Gasteiger partial charge is 0.364 e. The van der Waals surface area contributed by atoms with Crippen LogP contribution in [0, 0.1) is 0 Å². The Labute approximate surface area is 131 Å². The lowest BCUT2D eigenvalue weighted by atomic mass is 10.2. The van der Waals surface area contributed by atoms with E-state index in [2.05, 4.69) is 0 Å². The molecule has 0 bridgehead atoms. The fraction of sp³-hybridized carbons (Fsp3) is 0.500. The summed E-state index contributed by atoms with van der Waals surface area (Å²) >= 11 is 0. The van der Waals surface area contributed by atoms with Gasteiger partial charge in [-0.15, -0.1) is 0 Å². The van der Waals surface area contributed by atoms with Crippen LogP contribution in [0.1, 0.15) is 40.3 Å². The quantitative estimate of drug-likeness (QED) is 0.641. The van der Waals surface area contributed by atoms with E-state index in [4.69, 9.17) is 9.05 Å². The molecule has 2 aromatic rings. The Hall–Kier alpha value is -1.29. The van der Waals surface area contributed by atoms with Gasteiger partial charge < -0.3 is 14.3 Å². The zero-order chi connectivity index (χ0) is 16.5. The second kappa shape index (κ2) is 6.45. The first-order chi connectivity index (χ1) is 10.3. The summed E-state index contributed by atoms with van der Waals surface area (Å²) < 4.78 is 26.0. The molecule has 1 aromatic heterocycles. The highest BCUT2D eigenvalue weighted by Crippen LogP contribution is 2.52. The largest absolute Gasteiger partial charge is 0.428 e. The third-order valence-corrected chi connectivity index (χ3v) is 5.67. The molecule has 0 radical (unpaired) electrons. The SMILES string of the molecule is CCc1c(P(=O)(OC(C)C)OC(C)C)c2ccccc2n1O. The summed E-state index contributed by atoms with van der Waals surface area (Å²) in [5.41, 5.74) is 1.17. The van der Waals surface area contributed by atoms with E-state index < -0.39 is 7.60 Å². The summed E-state index contributed by atoms with van der Waals surface area (Å²) in [5, 5.41) is 11.6. The fourth-order valence-electron chi connectivity index (χ4n) is 2.57. The Balaban J connectivity index is 2.75. The van der Waals surface area contributed by atoms with Gasteiger partial charge in [-0.1, -0.05) is 25.1 Å². The van der Waals surface area contributed by atoms with Gasteiger partial charge in [-0.3, -0.25) is 4.57 Å². The van der Waals surface area contributed by atoms with Gasteiger partial charge in [-0.05, 0) is 40.2 Å². The first-order valence-electron chi connectivity index (χ1n) is 7.59. The lowest BCUT2D eigenvalue weighted by Crippen LogP contribution is -2.20. The minimum atomic E-state index is -3.54. The van der Waals surface area contributed by atoms with Gasteiger partial charge in [0.25, 0.3) is 0 Å². The third kappa shape index (κ3) is 3.07. The van der Waals surface area contributed by atoms with Crippen LogP contribution in [0.2, 0.25) is 0 Å². The Morgan fingerprint density at radius 3 is 2.18 bits per heavy atom. The van der Waals surface area contributed by atoms with Crippen molar-refractivity contribution in [3.63, 3.8) is 0 Å². The number of fused-ring (bicyclic) bond motifs is 1. The molecule has 1 heterocycles. The zero-order valence-corrected chi connectivity index (χ0v) is 14.6. The minimum absolute atomic E-state index is 0.255. The standard InChI is InChI=1S/C16H24NO4P/c1-6-14-16(13-9-7-8-10-15(13)17(14)18)22(19,20-11(2)3)21-12(4)5/h7-12,18H,6H2,1-5H3. The molecule has 0 saturated carbocycles. The Bertz CT molecular complexity index is 691. The van der Waals surface area contributed by atoms with Crippen LogP contribution in [-0.4, -0.2) is 22.1 Å². The number of hydrogen-bond donors (Lipinski definition) is 1. The van der Waals surface area contributed by atoms with E-state index >= 15 is 0 Å². The van der Waals surface area contributed by atoms with Crippen LogP contribution < -0.4 is 5.30 Å². The average Bonchev–Trinajstić information content (AvgIpc) is 2.70. The van der Waals surface area contributed by atoms with Crippen molar-refractivity contribution < 1.29 is 18.8 Å². The van der Waals surface area contributed by atoms with Crippen LogP contribution >= 0.6 is 7.60 Å². The maximum atomic E-state index is 13.5. The molecule has 1 aromatic carbocycles. The molecule has 0 fully saturated rings.